The summed E-state index contributed by atoms with van der Waals surface area (Å²) in [6.07, 6.45) is 8.61. The Morgan fingerprint density at radius 1 is 0.756 bits per heavy atom. The second kappa shape index (κ2) is 21.0. The highest BCUT2D eigenvalue weighted by Gasteiger charge is 2.43. The van der Waals surface area contributed by atoms with Gasteiger partial charge in [0.15, 0.2) is 0 Å². The molecule has 20 heteroatoms. The summed E-state index contributed by atoms with van der Waals surface area (Å²) in [6, 6.07) is 14.3. The maximum atomic E-state index is 17.1. The van der Waals surface area contributed by atoms with Crippen LogP contribution in [0.25, 0.3) is 44.7 Å². The molecule has 9 atom stereocenters. The summed E-state index contributed by atoms with van der Waals surface area (Å²) in [7, 11) is 2.58. The van der Waals surface area contributed by atoms with Crippen LogP contribution in [0.15, 0.2) is 72.2 Å². The number of fused-ring (bicyclic) bond motifs is 5. The zero-order chi connectivity index (χ0) is 54.1. The molecule has 6 aliphatic rings. The number of hydrogen-bond acceptors (Lipinski definition) is 12. The molecule has 1 saturated carbocycles. The predicted molar refractivity (Wildman–Crippen MR) is 289 cm³/mol. The number of methoxy groups -OCH3 is 2. The number of H-pyrrole nitrogens is 2. The summed E-state index contributed by atoms with van der Waals surface area (Å²) in [5, 5.41) is 6.48. The number of halogens is 1. The lowest BCUT2D eigenvalue weighted by Crippen LogP contribution is -2.54. The van der Waals surface area contributed by atoms with Gasteiger partial charge in [0.25, 0.3) is 5.91 Å². The molecule has 4 amide bonds. The fourth-order valence-corrected chi connectivity index (χ4v) is 14.0. The van der Waals surface area contributed by atoms with Gasteiger partial charge in [-0.2, -0.15) is 0 Å². The highest BCUT2D eigenvalue weighted by Crippen LogP contribution is 2.51. The van der Waals surface area contributed by atoms with Gasteiger partial charge < -0.3 is 48.8 Å². The summed E-state index contributed by atoms with van der Waals surface area (Å²) in [5.74, 6) is 1.08. The van der Waals surface area contributed by atoms with Crippen LogP contribution < -0.4 is 15.4 Å². The van der Waals surface area contributed by atoms with Crippen molar-refractivity contribution in [2.45, 2.75) is 147 Å². The Bertz CT molecular complexity index is 3320. The number of imidazole rings is 2. The van der Waals surface area contributed by atoms with Crippen molar-refractivity contribution >= 4 is 46.2 Å². The van der Waals surface area contributed by atoms with E-state index in [0.29, 0.717) is 97.4 Å². The standard InChI is InChI=1S/C58H66FN9O9S/c1-29-19-37(20-30(2)75-29)50(64-57(71)73-5)54(69)66-17-7-9-43(66)52-60-27-40(62-52)34-13-14-42-36(23-34)25-45-49-39(59)24-35(26-46(49)77-56(68(42)45)48-16-15-47(78-48)33-11-12-33)41-28-61-53(63-41)44-10-8-18-67(44)55(70)51(65-58(72)74-6)38-21-31(3)76-32(4)22-38/h13-16,23-33,38,43-44,51,56H,7-12,17-22H2,1-6H3,(H,60,62)(H,61,63)(H,64,71)(H,65,72)/t29-,30+,31-,32+,38?,43-,44-,51-,56?/m0/s1. The fraction of sp³-hybridized carbons (Fsp3) is 0.483. The van der Waals surface area contributed by atoms with Crippen LogP contribution in [0, 0.1) is 11.7 Å². The molecule has 5 aliphatic heterocycles. The molecular formula is C58H66FN9O9S. The molecule has 4 N–H and O–H groups in total. The number of likely N-dealkylation sites (tertiary alicyclic amines) is 2. The summed E-state index contributed by atoms with van der Waals surface area (Å²) in [6.45, 7) is 8.88. The Morgan fingerprint density at radius 2 is 1.40 bits per heavy atom. The molecule has 2 aromatic carbocycles. The van der Waals surface area contributed by atoms with E-state index in [4.69, 9.17) is 33.7 Å². The van der Waals surface area contributed by atoms with Crippen LogP contribution in [0.2, 0.25) is 0 Å². The lowest BCUT2D eigenvalue weighted by atomic mass is 9.85. The average Bonchev–Trinajstić information content (AvgIpc) is 4.35. The quantitative estimate of drug-likeness (QED) is 0.0898. The molecule has 4 saturated heterocycles. The first-order valence-corrected chi connectivity index (χ1v) is 28.2. The van der Waals surface area contributed by atoms with Crippen LogP contribution >= 0.6 is 11.3 Å². The van der Waals surface area contributed by atoms with Crippen LogP contribution in [0.1, 0.15) is 138 Å². The molecule has 0 spiro atoms. The van der Waals surface area contributed by atoms with E-state index in [1.807, 2.05) is 52.0 Å². The Hall–Kier alpha value is -7.03. The van der Waals surface area contributed by atoms with Gasteiger partial charge in [-0.25, -0.2) is 23.9 Å². The van der Waals surface area contributed by atoms with Crippen molar-refractivity contribution in [3.63, 3.8) is 0 Å². The van der Waals surface area contributed by atoms with Crippen LogP contribution in [-0.4, -0.2) is 116 Å². The highest BCUT2D eigenvalue weighted by atomic mass is 32.1. The number of alkyl carbamates (subject to hydrolysis) is 2. The maximum Gasteiger partial charge on any atom is 0.411 e. The van der Waals surface area contributed by atoms with E-state index < -0.39 is 30.3 Å². The molecule has 1 aliphatic carbocycles. The van der Waals surface area contributed by atoms with Gasteiger partial charge in [-0.1, -0.05) is 6.07 Å². The minimum Gasteiger partial charge on any atom is -0.464 e. The fourth-order valence-electron chi connectivity index (χ4n) is 12.8. The number of nitrogens with zero attached hydrogens (tertiary/aromatic N) is 5. The predicted octanol–water partition coefficient (Wildman–Crippen LogP) is 10.6. The third-order valence-electron chi connectivity index (χ3n) is 16.4. The lowest BCUT2D eigenvalue weighted by Gasteiger charge is -2.38. The summed E-state index contributed by atoms with van der Waals surface area (Å²) < 4.78 is 48.0. The summed E-state index contributed by atoms with van der Waals surface area (Å²) >= 11 is 1.73. The largest absolute Gasteiger partial charge is 0.464 e. The lowest BCUT2D eigenvalue weighted by molar-refractivity contribution is -0.138. The van der Waals surface area contributed by atoms with E-state index in [0.717, 1.165) is 58.3 Å². The molecule has 410 valence electrons. The first-order valence-electron chi connectivity index (χ1n) is 27.4. The van der Waals surface area contributed by atoms with Gasteiger partial charge >= 0.3 is 12.2 Å². The molecular weight excluding hydrogens is 1020 g/mol. The molecule has 6 aromatic rings. The number of thiophene rings is 1. The number of aromatic nitrogens is 5. The van der Waals surface area contributed by atoms with Crippen molar-refractivity contribution in [3.05, 3.63) is 99.4 Å². The Morgan fingerprint density at radius 3 is 2.08 bits per heavy atom. The number of carbonyl (C=O) groups is 4. The number of benzene rings is 2. The second-order valence-electron chi connectivity index (χ2n) is 22.1. The minimum atomic E-state index is -0.801. The van der Waals surface area contributed by atoms with Gasteiger partial charge in [0.05, 0.1) is 96.2 Å². The molecule has 2 unspecified atom stereocenters. The summed E-state index contributed by atoms with van der Waals surface area (Å²) in [4.78, 5) is 76.6. The Balaban J connectivity index is 0.840. The molecule has 9 heterocycles. The zero-order valence-corrected chi connectivity index (χ0v) is 45.5. The SMILES string of the molecule is COC(=O)NC(C(=O)N1CCC[C@H]1c1ncc(-c2ccc3c(c2)cc2n3C(c3ccc(C4CC4)s3)Oc3cc(-c4cnc([C@@H]5CCCN5C(=O)[C@@H](NC(=O)OC)C5C[C@@H](C)O[C@@H](C)C5)[nH]4)cc(F)c3-2)[nH]1)=C1C[C@@H](C)O[C@@H](C)C1. The molecule has 5 fully saturated rings. The molecule has 0 radical (unpaired) electrons. The number of hydrogen-bond donors (Lipinski definition) is 4. The van der Waals surface area contributed by atoms with Crippen molar-refractivity contribution in [2.24, 2.45) is 5.92 Å². The molecule has 18 nitrogen and oxygen atoms in total. The Labute approximate surface area is 455 Å². The van der Waals surface area contributed by atoms with Crippen molar-refractivity contribution in [2.75, 3.05) is 27.3 Å². The first-order chi connectivity index (χ1) is 37.7. The third-order valence-corrected chi connectivity index (χ3v) is 17.7. The summed E-state index contributed by atoms with van der Waals surface area (Å²) in [5.41, 5.74) is 5.70. The van der Waals surface area contributed by atoms with Crippen LogP contribution in [0.3, 0.4) is 0 Å². The van der Waals surface area contributed by atoms with Crippen molar-refractivity contribution in [1.29, 1.82) is 0 Å². The monoisotopic (exact) mass is 1080 g/mol. The van der Waals surface area contributed by atoms with E-state index in [2.05, 4.69) is 43.4 Å². The van der Waals surface area contributed by atoms with Gasteiger partial charge in [0.2, 0.25) is 12.1 Å². The molecule has 78 heavy (non-hydrogen) atoms. The van der Waals surface area contributed by atoms with E-state index in [1.165, 1.54) is 25.2 Å². The first kappa shape index (κ1) is 51.7. The van der Waals surface area contributed by atoms with Crippen LogP contribution in [0.5, 0.6) is 5.75 Å². The van der Waals surface area contributed by atoms with Crippen molar-refractivity contribution in [1.82, 2.24) is 44.9 Å². The van der Waals surface area contributed by atoms with E-state index in [1.54, 1.807) is 33.5 Å². The number of ether oxygens (including phenoxy) is 5. The number of nitrogens with one attached hydrogen (secondary N) is 4. The van der Waals surface area contributed by atoms with Gasteiger partial charge in [0.1, 0.15) is 35.0 Å². The maximum absolute atomic E-state index is 17.1. The highest BCUT2D eigenvalue weighted by molar-refractivity contribution is 7.12. The van der Waals surface area contributed by atoms with Crippen LogP contribution in [0.4, 0.5) is 14.0 Å². The van der Waals surface area contributed by atoms with E-state index in [9.17, 15) is 19.2 Å². The second-order valence-corrected chi connectivity index (χ2v) is 23.2. The van der Waals surface area contributed by atoms with Gasteiger partial charge in [-0.15, -0.1) is 11.3 Å². The normalized spacial score (nSPS) is 26.0. The van der Waals surface area contributed by atoms with E-state index >= 15 is 4.39 Å². The number of amides is 4. The van der Waals surface area contributed by atoms with Gasteiger partial charge in [-0.05, 0) is 152 Å². The minimum absolute atomic E-state index is 0.0682. The number of carbonyl (C=O) groups excluding carboxylic acids is 4. The topological polar surface area (TPSA) is 207 Å². The molecule has 12 rings (SSSR count). The van der Waals surface area contributed by atoms with Crippen molar-refractivity contribution < 1.29 is 47.3 Å². The van der Waals surface area contributed by atoms with Crippen molar-refractivity contribution in [3.8, 4) is 39.5 Å². The third kappa shape index (κ3) is 9.84. The molecule has 4 aromatic heterocycles. The smallest absolute Gasteiger partial charge is 0.411 e. The average molecular weight is 1080 g/mol. The van der Waals surface area contributed by atoms with E-state index in [-0.39, 0.29) is 59.9 Å². The van der Waals surface area contributed by atoms with Gasteiger partial charge in [0, 0.05) is 34.5 Å². The number of rotatable bonds is 11. The Kier molecular flexibility index (Phi) is 13.9. The van der Waals surface area contributed by atoms with Crippen LogP contribution in [-0.2, 0) is 28.5 Å². The zero-order valence-electron chi connectivity index (χ0n) is 44.7. The number of aromatic amines is 2. The van der Waals surface area contributed by atoms with Gasteiger partial charge in [-0.3, -0.25) is 19.5 Å². The molecule has 0 bridgehead atoms.